The summed E-state index contributed by atoms with van der Waals surface area (Å²) < 4.78 is 28.3. The normalized spacial score (nSPS) is 16.8. The van der Waals surface area contributed by atoms with Crippen molar-refractivity contribution in [3.63, 3.8) is 0 Å². The molecule has 0 bridgehead atoms. The Morgan fingerprint density at radius 1 is 1.04 bits per heavy atom. The number of rotatable bonds is 7. The largest absolute Gasteiger partial charge is 0.341 e. The van der Waals surface area contributed by atoms with Crippen LogP contribution in [0.4, 0.5) is 0 Å². The van der Waals surface area contributed by atoms with E-state index in [1.54, 1.807) is 4.90 Å². The number of benzene rings is 1. The molecule has 0 radical (unpaired) electrons. The van der Waals surface area contributed by atoms with Gasteiger partial charge in [0, 0.05) is 45.7 Å². The third-order valence-electron chi connectivity index (χ3n) is 4.64. The highest BCUT2D eigenvalue weighted by Crippen LogP contribution is 2.14. The second-order valence-electron chi connectivity index (χ2n) is 6.21. The molecule has 0 N–H and O–H groups in total. The Bertz CT molecular complexity index is 645. The van der Waals surface area contributed by atoms with Crippen molar-refractivity contribution >= 4 is 16.1 Å². The minimum Gasteiger partial charge on any atom is -0.341 e. The predicted octanol–water partition coefficient (Wildman–Crippen LogP) is 1.74. The summed E-state index contributed by atoms with van der Waals surface area (Å²) in [6.07, 6.45) is 1.86. The van der Waals surface area contributed by atoms with Gasteiger partial charge in [0.05, 0.1) is 0 Å². The van der Waals surface area contributed by atoms with Crippen molar-refractivity contribution in [1.29, 1.82) is 0 Å². The smallest absolute Gasteiger partial charge is 0.282 e. The second kappa shape index (κ2) is 9.31. The molecule has 7 heteroatoms. The Morgan fingerprint density at radius 3 is 2.36 bits per heavy atom. The van der Waals surface area contributed by atoms with E-state index in [0.29, 0.717) is 52.1 Å². The topological polar surface area (TPSA) is 60.9 Å². The number of aryl methyl sites for hydroxylation is 1. The molecule has 1 saturated heterocycles. The van der Waals surface area contributed by atoms with Crippen molar-refractivity contribution in [3.05, 3.63) is 35.9 Å². The van der Waals surface area contributed by atoms with Gasteiger partial charge in [0.1, 0.15) is 0 Å². The van der Waals surface area contributed by atoms with Gasteiger partial charge in [-0.1, -0.05) is 44.2 Å². The summed E-state index contributed by atoms with van der Waals surface area (Å²) in [7, 11) is -3.42. The summed E-state index contributed by atoms with van der Waals surface area (Å²) in [5, 5.41) is 0. The van der Waals surface area contributed by atoms with Crippen LogP contribution in [0.5, 0.6) is 0 Å². The fourth-order valence-corrected chi connectivity index (χ4v) is 4.79. The fraction of sp³-hybridized carbons (Fsp3) is 0.611. The van der Waals surface area contributed by atoms with E-state index in [1.165, 1.54) is 8.61 Å². The highest BCUT2D eigenvalue weighted by Gasteiger charge is 2.30. The van der Waals surface area contributed by atoms with Gasteiger partial charge in [-0.2, -0.15) is 17.0 Å². The first kappa shape index (κ1) is 19.9. The standard InChI is InChI=1S/C18H29N3O3S/c1-3-20(4-2)25(23,24)21-14-8-13-19(15-16-21)18(22)12-11-17-9-6-5-7-10-17/h5-7,9-10H,3-4,8,11-16H2,1-2H3. The highest BCUT2D eigenvalue weighted by atomic mass is 32.2. The van der Waals surface area contributed by atoms with Crippen LogP contribution in [0.3, 0.4) is 0 Å². The zero-order chi connectivity index (χ0) is 18.3. The van der Waals surface area contributed by atoms with Gasteiger partial charge in [0.2, 0.25) is 5.91 Å². The summed E-state index contributed by atoms with van der Waals surface area (Å²) in [4.78, 5) is 14.3. The van der Waals surface area contributed by atoms with Gasteiger partial charge >= 0.3 is 0 Å². The predicted molar refractivity (Wildman–Crippen MR) is 99.4 cm³/mol. The maximum absolute atomic E-state index is 12.6. The molecule has 0 unspecified atom stereocenters. The summed E-state index contributed by atoms with van der Waals surface area (Å²) in [5.41, 5.74) is 1.15. The van der Waals surface area contributed by atoms with Crippen molar-refractivity contribution in [2.24, 2.45) is 0 Å². The molecule has 1 amide bonds. The maximum atomic E-state index is 12.6. The molecule has 0 aromatic heterocycles. The minimum absolute atomic E-state index is 0.103. The van der Waals surface area contributed by atoms with E-state index in [1.807, 2.05) is 44.2 Å². The van der Waals surface area contributed by atoms with Crippen LogP contribution in [0.25, 0.3) is 0 Å². The SMILES string of the molecule is CCN(CC)S(=O)(=O)N1CCCN(C(=O)CCc2ccccc2)CC1. The van der Waals surface area contributed by atoms with Crippen LogP contribution >= 0.6 is 0 Å². The van der Waals surface area contributed by atoms with Crippen molar-refractivity contribution in [3.8, 4) is 0 Å². The fourth-order valence-electron chi connectivity index (χ4n) is 3.14. The van der Waals surface area contributed by atoms with Gasteiger partial charge in [-0.15, -0.1) is 0 Å². The van der Waals surface area contributed by atoms with Gasteiger partial charge in [-0.3, -0.25) is 4.79 Å². The van der Waals surface area contributed by atoms with Crippen molar-refractivity contribution in [2.45, 2.75) is 33.1 Å². The molecular formula is C18H29N3O3S. The van der Waals surface area contributed by atoms with Crippen molar-refractivity contribution < 1.29 is 13.2 Å². The quantitative estimate of drug-likeness (QED) is 0.737. The van der Waals surface area contributed by atoms with Gasteiger partial charge in [0.15, 0.2) is 0 Å². The maximum Gasteiger partial charge on any atom is 0.282 e. The molecule has 0 aliphatic carbocycles. The second-order valence-corrected chi connectivity index (χ2v) is 8.14. The van der Waals surface area contributed by atoms with Crippen LogP contribution in [0.2, 0.25) is 0 Å². The number of amides is 1. The van der Waals surface area contributed by atoms with E-state index in [4.69, 9.17) is 0 Å². The van der Waals surface area contributed by atoms with E-state index in [9.17, 15) is 13.2 Å². The molecular weight excluding hydrogens is 338 g/mol. The highest BCUT2D eigenvalue weighted by molar-refractivity contribution is 7.86. The van der Waals surface area contributed by atoms with E-state index in [-0.39, 0.29) is 5.91 Å². The number of nitrogens with zero attached hydrogens (tertiary/aromatic N) is 3. The van der Waals surface area contributed by atoms with Crippen LogP contribution in [-0.2, 0) is 21.4 Å². The molecule has 1 aliphatic rings. The van der Waals surface area contributed by atoms with Crippen molar-refractivity contribution in [1.82, 2.24) is 13.5 Å². The molecule has 140 valence electrons. The number of hydrogen-bond acceptors (Lipinski definition) is 3. The molecule has 1 fully saturated rings. The average molecular weight is 368 g/mol. The molecule has 0 saturated carbocycles. The summed E-state index contributed by atoms with van der Waals surface area (Å²) in [6.45, 7) is 6.56. The molecule has 1 aromatic rings. The molecule has 1 aliphatic heterocycles. The van der Waals surface area contributed by atoms with E-state index >= 15 is 0 Å². The molecule has 0 atom stereocenters. The number of carbonyl (C=O) groups excluding carboxylic acids is 1. The van der Waals surface area contributed by atoms with E-state index < -0.39 is 10.2 Å². The first-order chi connectivity index (χ1) is 12.0. The Kier molecular flexibility index (Phi) is 7.40. The van der Waals surface area contributed by atoms with Gasteiger partial charge in [-0.25, -0.2) is 0 Å². The Balaban J connectivity index is 1.91. The van der Waals surface area contributed by atoms with Gasteiger partial charge in [-0.05, 0) is 18.4 Å². The summed E-state index contributed by atoms with van der Waals surface area (Å²) in [5.74, 6) is 0.103. The number of carbonyl (C=O) groups is 1. The first-order valence-corrected chi connectivity index (χ1v) is 10.5. The Morgan fingerprint density at radius 2 is 1.72 bits per heavy atom. The lowest BCUT2D eigenvalue weighted by Crippen LogP contribution is -2.45. The molecule has 6 nitrogen and oxygen atoms in total. The van der Waals surface area contributed by atoms with Crippen LogP contribution in [0.15, 0.2) is 30.3 Å². The molecule has 2 rings (SSSR count). The van der Waals surface area contributed by atoms with Crippen molar-refractivity contribution in [2.75, 3.05) is 39.3 Å². The molecule has 1 aromatic carbocycles. The van der Waals surface area contributed by atoms with Gasteiger partial charge in [0.25, 0.3) is 10.2 Å². The summed E-state index contributed by atoms with van der Waals surface area (Å²) in [6, 6.07) is 9.95. The molecule has 1 heterocycles. The zero-order valence-corrected chi connectivity index (χ0v) is 16.0. The van der Waals surface area contributed by atoms with Crippen LogP contribution < -0.4 is 0 Å². The van der Waals surface area contributed by atoms with E-state index in [0.717, 1.165) is 12.0 Å². The lowest BCUT2D eigenvalue weighted by molar-refractivity contribution is -0.131. The van der Waals surface area contributed by atoms with Crippen LogP contribution in [-0.4, -0.2) is 67.1 Å². The Labute approximate surface area is 151 Å². The Hall–Kier alpha value is -1.44. The van der Waals surface area contributed by atoms with E-state index in [2.05, 4.69) is 0 Å². The summed E-state index contributed by atoms with van der Waals surface area (Å²) >= 11 is 0. The third-order valence-corrected chi connectivity index (χ3v) is 6.82. The third kappa shape index (κ3) is 5.26. The van der Waals surface area contributed by atoms with Gasteiger partial charge < -0.3 is 4.90 Å². The van der Waals surface area contributed by atoms with Crippen LogP contribution in [0, 0.1) is 0 Å². The monoisotopic (exact) mass is 367 g/mol. The number of hydrogen-bond donors (Lipinski definition) is 0. The average Bonchev–Trinajstić information content (AvgIpc) is 2.88. The van der Waals surface area contributed by atoms with Crippen LogP contribution in [0.1, 0.15) is 32.3 Å². The lowest BCUT2D eigenvalue weighted by atomic mass is 10.1. The first-order valence-electron chi connectivity index (χ1n) is 9.06. The molecule has 0 spiro atoms. The minimum atomic E-state index is -3.42. The molecule has 25 heavy (non-hydrogen) atoms. The lowest BCUT2D eigenvalue weighted by Gasteiger charge is -2.27. The zero-order valence-electron chi connectivity index (χ0n) is 15.2.